The number of nitrogens with zero attached hydrogens (tertiary/aromatic N) is 1. The molecule has 1 atom stereocenters. The molecule has 0 saturated heterocycles. The van der Waals surface area contributed by atoms with Crippen LogP contribution in [0.4, 0.5) is 0 Å². The molecule has 0 aliphatic heterocycles. The number of nitriles is 1. The molecule has 0 N–H and O–H groups in total. The fourth-order valence-corrected chi connectivity index (χ4v) is 0.0913. The summed E-state index contributed by atoms with van der Waals surface area (Å²) in [5, 5.41) is 7.80. The van der Waals surface area contributed by atoms with Crippen LogP contribution in [-0.2, 0) is 0 Å². The Labute approximate surface area is 43.4 Å². The monoisotopic (exact) mass is 100 g/mol. The molecule has 0 aliphatic rings. The second-order valence-corrected chi connectivity index (χ2v) is 1.60. The van der Waals surface area contributed by atoms with E-state index < -0.39 is 0 Å². The number of hydrogen-bond acceptors (Lipinski definition) is 1. The third-order valence-corrected chi connectivity index (χ3v) is 0.954. The molecular formula is C4H6NS. The quantitative estimate of drug-likeness (QED) is 0.489. The molecule has 0 bridgehead atoms. The van der Waals surface area contributed by atoms with E-state index in [-0.39, 0.29) is 5.25 Å². The molecule has 0 aromatic rings. The lowest BCUT2D eigenvalue weighted by molar-refractivity contribution is 0.993. The van der Waals surface area contributed by atoms with E-state index in [1.807, 2.05) is 13.0 Å². The Morgan fingerprint density at radius 2 is 2.50 bits per heavy atom. The van der Waals surface area contributed by atoms with Crippen molar-refractivity contribution < 1.29 is 0 Å². The third kappa shape index (κ3) is 2.10. The van der Waals surface area contributed by atoms with Gasteiger partial charge in [0.2, 0.25) is 0 Å². The van der Waals surface area contributed by atoms with Gasteiger partial charge in [0.25, 0.3) is 0 Å². The van der Waals surface area contributed by atoms with E-state index in [0.717, 1.165) is 6.42 Å². The summed E-state index contributed by atoms with van der Waals surface area (Å²) in [5.74, 6) is 0. The van der Waals surface area contributed by atoms with Gasteiger partial charge in [0, 0.05) is 0 Å². The first-order chi connectivity index (χ1) is 2.81. The van der Waals surface area contributed by atoms with Crippen molar-refractivity contribution in [2.75, 3.05) is 0 Å². The zero-order valence-electron chi connectivity index (χ0n) is 3.64. The topological polar surface area (TPSA) is 23.8 Å². The summed E-state index contributed by atoms with van der Waals surface area (Å²) < 4.78 is 0. The summed E-state index contributed by atoms with van der Waals surface area (Å²) in [4.78, 5) is 0. The van der Waals surface area contributed by atoms with Gasteiger partial charge in [-0.2, -0.15) is 5.26 Å². The molecule has 0 aromatic heterocycles. The van der Waals surface area contributed by atoms with Crippen molar-refractivity contribution in [1.82, 2.24) is 0 Å². The van der Waals surface area contributed by atoms with Crippen LogP contribution in [0.25, 0.3) is 0 Å². The van der Waals surface area contributed by atoms with Crippen LogP contribution in [0.5, 0.6) is 0 Å². The highest BCUT2D eigenvalue weighted by Crippen LogP contribution is 1.94. The van der Waals surface area contributed by atoms with Crippen LogP contribution in [0, 0.1) is 11.3 Å². The van der Waals surface area contributed by atoms with Gasteiger partial charge < -0.3 is 0 Å². The van der Waals surface area contributed by atoms with E-state index in [1.165, 1.54) is 0 Å². The molecule has 0 aromatic carbocycles. The fourth-order valence-electron chi connectivity index (χ4n) is 0.0913. The molecule has 1 unspecified atom stereocenters. The van der Waals surface area contributed by atoms with Crippen molar-refractivity contribution in [3.8, 4) is 6.07 Å². The Balaban J connectivity index is 3.04. The predicted octanol–water partition coefficient (Wildman–Crippen LogP) is 1.49. The zero-order valence-corrected chi connectivity index (χ0v) is 4.46. The van der Waals surface area contributed by atoms with Crippen molar-refractivity contribution in [2.45, 2.75) is 18.6 Å². The second kappa shape index (κ2) is 3.05. The van der Waals surface area contributed by atoms with Crippen molar-refractivity contribution in [3.05, 3.63) is 0 Å². The molecule has 1 radical (unpaired) electrons. The summed E-state index contributed by atoms with van der Waals surface area (Å²) in [6.45, 7) is 1.90. The average Bonchev–Trinajstić information content (AvgIpc) is 1.65. The van der Waals surface area contributed by atoms with Crippen LogP contribution in [0.3, 0.4) is 0 Å². The molecule has 0 heterocycles. The summed E-state index contributed by atoms with van der Waals surface area (Å²) in [6.07, 6.45) is 0.784. The molecule has 0 saturated carbocycles. The minimum Gasteiger partial charge on any atom is -0.197 e. The van der Waals surface area contributed by atoms with Crippen LogP contribution in [0.1, 0.15) is 13.3 Å². The zero-order chi connectivity index (χ0) is 4.99. The van der Waals surface area contributed by atoms with Crippen molar-refractivity contribution in [2.24, 2.45) is 0 Å². The molecule has 0 rings (SSSR count). The Bertz CT molecular complexity index is 64.4. The lowest BCUT2D eigenvalue weighted by atomic mass is 10.4. The van der Waals surface area contributed by atoms with Gasteiger partial charge in [-0.05, 0) is 6.42 Å². The van der Waals surface area contributed by atoms with Gasteiger partial charge in [-0.1, -0.05) is 19.6 Å². The average molecular weight is 100 g/mol. The lowest BCUT2D eigenvalue weighted by Crippen LogP contribution is -1.86. The van der Waals surface area contributed by atoms with Gasteiger partial charge in [0.05, 0.1) is 6.07 Å². The molecular weight excluding hydrogens is 94.1 g/mol. The highest BCUT2D eigenvalue weighted by Gasteiger charge is 1.91. The number of rotatable bonds is 1. The first kappa shape index (κ1) is 5.84. The Morgan fingerprint density at radius 1 is 2.00 bits per heavy atom. The molecule has 33 valence electrons. The predicted molar refractivity (Wildman–Crippen MR) is 27.3 cm³/mol. The van der Waals surface area contributed by atoms with Gasteiger partial charge >= 0.3 is 0 Å². The molecule has 0 aliphatic carbocycles. The van der Waals surface area contributed by atoms with Gasteiger partial charge in [-0.15, -0.1) is 0 Å². The maximum atomic E-state index is 7.98. The van der Waals surface area contributed by atoms with Crippen molar-refractivity contribution >= 4 is 12.6 Å². The van der Waals surface area contributed by atoms with Gasteiger partial charge in [0.1, 0.15) is 5.25 Å². The van der Waals surface area contributed by atoms with Crippen LogP contribution >= 0.6 is 12.6 Å². The van der Waals surface area contributed by atoms with E-state index in [0.29, 0.717) is 0 Å². The first-order valence-electron chi connectivity index (χ1n) is 1.86. The summed E-state index contributed by atoms with van der Waals surface area (Å²) >= 11 is 4.58. The molecule has 0 fully saturated rings. The maximum Gasteiger partial charge on any atom is 0.102 e. The minimum atomic E-state index is -0.176. The van der Waals surface area contributed by atoms with Crippen LogP contribution in [0.2, 0.25) is 0 Å². The van der Waals surface area contributed by atoms with Crippen LogP contribution < -0.4 is 0 Å². The lowest BCUT2D eigenvalue weighted by Gasteiger charge is -1.84. The third-order valence-electron chi connectivity index (χ3n) is 0.515. The smallest absolute Gasteiger partial charge is 0.102 e. The van der Waals surface area contributed by atoms with E-state index in [4.69, 9.17) is 5.26 Å². The van der Waals surface area contributed by atoms with Gasteiger partial charge in [0.15, 0.2) is 0 Å². The van der Waals surface area contributed by atoms with E-state index in [2.05, 4.69) is 12.6 Å². The van der Waals surface area contributed by atoms with Crippen molar-refractivity contribution in [3.63, 3.8) is 0 Å². The summed E-state index contributed by atoms with van der Waals surface area (Å²) in [5.41, 5.74) is 0. The largest absolute Gasteiger partial charge is 0.197 e. The van der Waals surface area contributed by atoms with Crippen molar-refractivity contribution in [1.29, 1.82) is 5.26 Å². The fraction of sp³-hybridized carbons (Fsp3) is 0.750. The highest BCUT2D eigenvalue weighted by atomic mass is 32.1. The second-order valence-electron chi connectivity index (χ2n) is 1.03. The van der Waals surface area contributed by atoms with E-state index >= 15 is 0 Å². The Kier molecular flexibility index (Phi) is 2.97. The first-order valence-corrected chi connectivity index (χ1v) is 2.33. The van der Waals surface area contributed by atoms with Crippen LogP contribution in [0.15, 0.2) is 0 Å². The molecule has 2 heteroatoms. The van der Waals surface area contributed by atoms with Crippen LogP contribution in [-0.4, -0.2) is 5.25 Å². The van der Waals surface area contributed by atoms with E-state index in [1.54, 1.807) is 0 Å². The molecule has 6 heavy (non-hydrogen) atoms. The standard InChI is InChI=1S/C4H6NS/c1-2-4(6)3-5/h4H,2H2,1H3. The minimum absolute atomic E-state index is 0.176. The van der Waals surface area contributed by atoms with Gasteiger partial charge in [-0.3, -0.25) is 0 Å². The summed E-state index contributed by atoms with van der Waals surface area (Å²) in [6, 6.07) is 1.93. The SMILES string of the molecule is CCC([S])C#N. The number of hydrogen-bond donors (Lipinski definition) is 0. The maximum absolute atomic E-state index is 7.98. The Morgan fingerprint density at radius 3 is 2.50 bits per heavy atom. The Hall–Kier alpha value is -0.160. The molecule has 1 nitrogen and oxygen atoms in total. The van der Waals surface area contributed by atoms with Gasteiger partial charge in [-0.25, -0.2) is 0 Å². The molecule has 0 spiro atoms. The summed E-state index contributed by atoms with van der Waals surface area (Å²) in [7, 11) is 0. The highest BCUT2D eigenvalue weighted by molar-refractivity contribution is 7.81. The normalized spacial score (nSPS) is 12.8. The molecule has 0 amide bonds. The van der Waals surface area contributed by atoms with E-state index in [9.17, 15) is 0 Å².